The number of benzene rings is 1. The van der Waals surface area contributed by atoms with Crippen LogP contribution < -0.4 is 10.5 Å². The van der Waals surface area contributed by atoms with E-state index < -0.39 is 0 Å². The second-order valence-electron chi connectivity index (χ2n) is 2.86. The number of hydrogen-bond donors (Lipinski definition) is 1. The Bertz CT molecular complexity index is 291. The summed E-state index contributed by atoms with van der Waals surface area (Å²) in [4.78, 5) is 0. The molecule has 0 aliphatic rings. The first-order valence-electron chi connectivity index (χ1n) is 3.93. The molecule has 0 spiro atoms. The summed E-state index contributed by atoms with van der Waals surface area (Å²) in [5, 5.41) is 0.264. The molecule has 0 fully saturated rings. The Kier molecular flexibility index (Phi) is 3.51. The van der Waals surface area contributed by atoms with Gasteiger partial charge >= 0.3 is 0 Å². The van der Waals surface area contributed by atoms with Crippen molar-refractivity contribution in [3.8, 4) is 5.75 Å². The SMILES string of the molecule is C[C@@H](N)COc1ccc(F)cc1Cl. The van der Waals surface area contributed by atoms with Crippen molar-refractivity contribution in [3.63, 3.8) is 0 Å². The van der Waals surface area contributed by atoms with Crippen molar-refractivity contribution in [2.45, 2.75) is 13.0 Å². The van der Waals surface area contributed by atoms with Crippen molar-refractivity contribution in [2.24, 2.45) is 5.73 Å². The Labute approximate surface area is 81.4 Å². The van der Waals surface area contributed by atoms with E-state index >= 15 is 0 Å². The molecule has 2 N–H and O–H groups in total. The number of rotatable bonds is 3. The van der Waals surface area contributed by atoms with Crippen molar-refractivity contribution in [2.75, 3.05) is 6.61 Å². The third-order valence-electron chi connectivity index (χ3n) is 1.40. The van der Waals surface area contributed by atoms with Gasteiger partial charge in [-0.2, -0.15) is 0 Å². The first-order valence-corrected chi connectivity index (χ1v) is 4.31. The van der Waals surface area contributed by atoms with Gasteiger partial charge in [0.25, 0.3) is 0 Å². The van der Waals surface area contributed by atoms with Crippen molar-refractivity contribution < 1.29 is 9.13 Å². The lowest BCUT2D eigenvalue weighted by molar-refractivity contribution is 0.296. The van der Waals surface area contributed by atoms with Gasteiger partial charge < -0.3 is 10.5 Å². The van der Waals surface area contributed by atoms with Crippen molar-refractivity contribution >= 4 is 11.6 Å². The van der Waals surface area contributed by atoms with E-state index in [9.17, 15) is 4.39 Å². The molecule has 0 aromatic heterocycles. The minimum absolute atomic E-state index is 0.0684. The fraction of sp³-hybridized carbons (Fsp3) is 0.333. The molecule has 0 saturated carbocycles. The largest absolute Gasteiger partial charge is 0.490 e. The second-order valence-corrected chi connectivity index (χ2v) is 3.27. The molecule has 0 unspecified atom stereocenters. The Morgan fingerprint density at radius 3 is 2.85 bits per heavy atom. The summed E-state index contributed by atoms with van der Waals surface area (Å²) in [6.07, 6.45) is 0. The van der Waals surface area contributed by atoms with Crippen LogP contribution in [0.25, 0.3) is 0 Å². The summed E-state index contributed by atoms with van der Waals surface area (Å²) in [6, 6.07) is 3.92. The lowest BCUT2D eigenvalue weighted by atomic mass is 10.3. The molecule has 0 heterocycles. The minimum atomic E-state index is -0.377. The standard InChI is InChI=1S/C9H11ClFNO/c1-6(12)5-13-9-3-2-7(11)4-8(9)10/h2-4,6H,5,12H2,1H3/t6-/m1/s1. The van der Waals surface area contributed by atoms with Crippen LogP contribution in [0.3, 0.4) is 0 Å². The average molecular weight is 204 g/mol. The van der Waals surface area contributed by atoms with Crippen LogP contribution in [0.15, 0.2) is 18.2 Å². The Hall–Kier alpha value is -0.800. The summed E-state index contributed by atoms with van der Waals surface area (Å²) < 4.78 is 17.8. The van der Waals surface area contributed by atoms with Gasteiger partial charge in [0.1, 0.15) is 18.2 Å². The minimum Gasteiger partial charge on any atom is -0.490 e. The summed E-state index contributed by atoms with van der Waals surface area (Å²) >= 11 is 5.71. The summed E-state index contributed by atoms with van der Waals surface area (Å²) in [5.41, 5.74) is 5.48. The summed E-state index contributed by atoms with van der Waals surface area (Å²) in [6.45, 7) is 2.18. The maximum absolute atomic E-state index is 12.6. The zero-order valence-electron chi connectivity index (χ0n) is 7.26. The molecule has 13 heavy (non-hydrogen) atoms. The molecule has 0 amide bonds. The molecule has 0 saturated heterocycles. The molecule has 1 rings (SSSR count). The van der Waals surface area contributed by atoms with Crippen LogP contribution in [0.1, 0.15) is 6.92 Å². The zero-order chi connectivity index (χ0) is 9.84. The third kappa shape index (κ3) is 3.20. The van der Waals surface area contributed by atoms with E-state index in [-0.39, 0.29) is 16.9 Å². The van der Waals surface area contributed by atoms with E-state index in [4.69, 9.17) is 22.1 Å². The Balaban J connectivity index is 2.67. The van der Waals surface area contributed by atoms with Gasteiger partial charge in [0, 0.05) is 6.04 Å². The zero-order valence-corrected chi connectivity index (χ0v) is 8.01. The maximum atomic E-state index is 12.6. The van der Waals surface area contributed by atoms with E-state index in [1.807, 2.05) is 6.92 Å². The Morgan fingerprint density at radius 2 is 2.31 bits per heavy atom. The molecule has 0 radical (unpaired) electrons. The molecule has 4 heteroatoms. The van der Waals surface area contributed by atoms with Gasteiger partial charge in [-0.1, -0.05) is 11.6 Å². The van der Waals surface area contributed by atoms with Crippen LogP contribution >= 0.6 is 11.6 Å². The molecule has 1 atom stereocenters. The number of ether oxygens (including phenoxy) is 1. The van der Waals surface area contributed by atoms with Gasteiger partial charge in [0.2, 0.25) is 0 Å². The van der Waals surface area contributed by atoms with Gasteiger partial charge in [0.15, 0.2) is 0 Å². The lowest BCUT2D eigenvalue weighted by Crippen LogP contribution is -2.23. The normalized spacial score (nSPS) is 12.6. The highest BCUT2D eigenvalue weighted by molar-refractivity contribution is 6.32. The van der Waals surface area contributed by atoms with Crippen LogP contribution in [0.5, 0.6) is 5.75 Å². The van der Waals surface area contributed by atoms with Crippen molar-refractivity contribution in [1.82, 2.24) is 0 Å². The first-order chi connectivity index (χ1) is 6.09. The van der Waals surface area contributed by atoms with E-state index in [1.54, 1.807) is 0 Å². The van der Waals surface area contributed by atoms with Gasteiger partial charge in [-0.05, 0) is 25.1 Å². The molecule has 0 aliphatic heterocycles. The lowest BCUT2D eigenvalue weighted by Gasteiger charge is -2.09. The highest BCUT2D eigenvalue weighted by Crippen LogP contribution is 2.24. The molecule has 0 bridgehead atoms. The molecule has 2 nitrogen and oxygen atoms in total. The molecule has 1 aromatic carbocycles. The summed E-state index contributed by atoms with van der Waals surface area (Å²) in [5.74, 6) is 0.0820. The van der Waals surface area contributed by atoms with E-state index in [0.29, 0.717) is 12.4 Å². The topological polar surface area (TPSA) is 35.2 Å². The average Bonchev–Trinajstić information content (AvgIpc) is 2.02. The number of halogens is 2. The van der Waals surface area contributed by atoms with E-state index in [1.165, 1.54) is 18.2 Å². The smallest absolute Gasteiger partial charge is 0.138 e. The van der Waals surface area contributed by atoms with Gasteiger partial charge in [0.05, 0.1) is 5.02 Å². The fourth-order valence-electron chi connectivity index (χ4n) is 0.813. The first kappa shape index (κ1) is 10.3. The highest BCUT2D eigenvalue weighted by Gasteiger charge is 2.03. The maximum Gasteiger partial charge on any atom is 0.138 e. The molecule has 1 aromatic rings. The Morgan fingerprint density at radius 1 is 1.62 bits per heavy atom. The molecular weight excluding hydrogens is 193 g/mol. The monoisotopic (exact) mass is 203 g/mol. The molecule has 0 aliphatic carbocycles. The van der Waals surface area contributed by atoms with Crippen LogP contribution in [0.2, 0.25) is 5.02 Å². The van der Waals surface area contributed by atoms with Gasteiger partial charge in [-0.15, -0.1) is 0 Å². The predicted molar refractivity (Wildman–Crippen MR) is 50.6 cm³/mol. The van der Waals surface area contributed by atoms with Crippen LogP contribution in [-0.2, 0) is 0 Å². The van der Waals surface area contributed by atoms with Gasteiger partial charge in [-0.3, -0.25) is 0 Å². The third-order valence-corrected chi connectivity index (χ3v) is 1.69. The predicted octanol–water partition coefficient (Wildman–Crippen LogP) is 2.21. The quantitative estimate of drug-likeness (QED) is 0.818. The van der Waals surface area contributed by atoms with Crippen molar-refractivity contribution in [1.29, 1.82) is 0 Å². The molecular formula is C9H11ClFNO. The molecule has 72 valence electrons. The second kappa shape index (κ2) is 4.44. The van der Waals surface area contributed by atoms with Gasteiger partial charge in [-0.25, -0.2) is 4.39 Å². The fourth-order valence-corrected chi connectivity index (χ4v) is 1.04. The summed E-state index contributed by atoms with van der Waals surface area (Å²) in [7, 11) is 0. The van der Waals surface area contributed by atoms with Crippen LogP contribution in [-0.4, -0.2) is 12.6 Å². The van der Waals surface area contributed by atoms with Crippen LogP contribution in [0.4, 0.5) is 4.39 Å². The van der Waals surface area contributed by atoms with Crippen molar-refractivity contribution in [3.05, 3.63) is 29.0 Å². The van der Waals surface area contributed by atoms with E-state index in [2.05, 4.69) is 0 Å². The number of nitrogens with two attached hydrogens (primary N) is 1. The highest BCUT2D eigenvalue weighted by atomic mass is 35.5. The van der Waals surface area contributed by atoms with Crippen LogP contribution in [0, 0.1) is 5.82 Å². The number of hydrogen-bond acceptors (Lipinski definition) is 2. The van der Waals surface area contributed by atoms with E-state index in [0.717, 1.165) is 0 Å².